The molecule has 0 bridgehead atoms. The minimum atomic E-state index is -0.507. The molecule has 0 saturated carbocycles. The molecule has 1 aliphatic carbocycles. The van der Waals surface area contributed by atoms with Crippen molar-refractivity contribution in [2.45, 2.75) is 10.6 Å². The molecule has 0 aromatic rings. The van der Waals surface area contributed by atoms with Gasteiger partial charge in [-0.05, 0) is 0 Å². The monoisotopic (exact) mass is 222 g/mol. The third kappa shape index (κ3) is 2.44. The van der Waals surface area contributed by atoms with Gasteiger partial charge in [-0.15, -0.1) is 0 Å². The van der Waals surface area contributed by atoms with Crippen LogP contribution in [0.4, 0.5) is 0 Å². The van der Waals surface area contributed by atoms with E-state index in [4.69, 9.17) is 0 Å². The fourth-order valence-corrected chi connectivity index (χ4v) is 4.53. The van der Waals surface area contributed by atoms with Crippen LogP contribution >= 0.6 is 0 Å². The molecule has 0 saturated heterocycles. The van der Waals surface area contributed by atoms with Gasteiger partial charge < -0.3 is 0 Å². The first-order valence-corrected chi connectivity index (χ1v) is 8.26. The molecule has 0 heterocycles. The molecule has 0 radical (unpaired) electrons. The number of hydrogen-bond donors (Lipinski definition) is 0. The SMILES string of the molecule is C=C[CH2][InH][C]1=CC=CC1. The summed E-state index contributed by atoms with van der Waals surface area (Å²) in [6.07, 6.45) is 10.0. The van der Waals surface area contributed by atoms with Gasteiger partial charge in [0.15, 0.2) is 0 Å². The van der Waals surface area contributed by atoms with Gasteiger partial charge in [-0.3, -0.25) is 0 Å². The van der Waals surface area contributed by atoms with Gasteiger partial charge in [-0.1, -0.05) is 0 Å². The summed E-state index contributed by atoms with van der Waals surface area (Å²) in [7, 11) is 0. The second kappa shape index (κ2) is 3.99. The van der Waals surface area contributed by atoms with Crippen molar-refractivity contribution in [1.29, 1.82) is 0 Å². The summed E-state index contributed by atoms with van der Waals surface area (Å²) in [5.41, 5.74) is 0. The van der Waals surface area contributed by atoms with Crippen LogP contribution in [0.1, 0.15) is 6.42 Å². The van der Waals surface area contributed by atoms with Crippen LogP contribution in [0.25, 0.3) is 0 Å². The van der Waals surface area contributed by atoms with Crippen molar-refractivity contribution >= 4 is 22.9 Å². The minimum absolute atomic E-state index is 0.507. The molecular weight excluding hydrogens is 211 g/mol. The van der Waals surface area contributed by atoms with Gasteiger partial charge >= 0.3 is 67.7 Å². The standard InChI is InChI=1S/C5H5.C3H5.In.H/c1-2-4-5-3-1;1-3-2;;/h1-3H,4H2;3H,1-2H2;;. The zero-order valence-corrected chi connectivity index (χ0v) is 9.67. The summed E-state index contributed by atoms with van der Waals surface area (Å²) in [5, 5.41) is 0. The van der Waals surface area contributed by atoms with E-state index in [1.165, 1.54) is 10.6 Å². The molecule has 0 spiro atoms. The molecule has 9 heavy (non-hydrogen) atoms. The van der Waals surface area contributed by atoms with Crippen molar-refractivity contribution in [2.75, 3.05) is 0 Å². The van der Waals surface area contributed by atoms with Crippen LogP contribution in [0, 0.1) is 0 Å². The summed E-state index contributed by atoms with van der Waals surface area (Å²) < 4.78 is 3.08. The second-order valence-electron chi connectivity index (χ2n) is 2.28. The normalized spacial score (nSPS) is 15.3. The molecule has 0 aliphatic heterocycles. The quantitative estimate of drug-likeness (QED) is 0.639. The van der Waals surface area contributed by atoms with Crippen LogP contribution in [-0.4, -0.2) is 22.9 Å². The van der Waals surface area contributed by atoms with Crippen molar-refractivity contribution in [1.82, 2.24) is 0 Å². The number of hydrogen-bond acceptors (Lipinski definition) is 0. The molecule has 1 rings (SSSR count). The van der Waals surface area contributed by atoms with Crippen LogP contribution in [0.3, 0.4) is 0 Å². The maximum atomic E-state index is 3.73. The summed E-state index contributed by atoms with van der Waals surface area (Å²) in [6.45, 7) is 3.73. The third-order valence-electron chi connectivity index (χ3n) is 1.52. The summed E-state index contributed by atoms with van der Waals surface area (Å²) in [4.78, 5) is 0. The van der Waals surface area contributed by atoms with Crippen LogP contribution < -0.4 is 0 Å². The Labute approximate surface area is 67.7 Å². The first kappa shape index (κ1) is 7.20. The van der Waals surface area contributed by atoms with Gasteiger partial charge in [0.05, 0.1) is 0 Å². The van der Waals surface area contributed by atoms with Crippen molar-refractivity contribution in [2.24, 2.45) is 0 Å². The average molecular weight is 222 g/mol. The molecule has 0 aromatic heterocycles. The van der Waals surface area contributed by atoms with E-state index in [1.54, 1.807) is 3.33 Å². The van der Waals surface area contributed by atoms with E-state index < -0.39 is 22.9 Å². The molecule has 46 valence electrons. The summed E-state index contributed by atoms with van der Waals surface area (Å²) in [6, 6.07) is 0. The Morgan fingerprint density at radius 3 is 3.22 bits per heavy atom. The van der Waals surface area contributed by atoms with Gasteiger partial charge in [-0.25, -0.2) is 0 Å². The van der Waals surface area contributed by atoms with Crippen LogP contribution in [-0.2, 0) is 0 Å². The Morgan fingerprint density at radius 1 is 1.78 bits per heavy atom. The van der Waals surface area contributed by atoms with E-state index in [1.807, 2.05) is 0 Å². The summed E-state index contributed by atoms with van der Waals surface area (Å²) >= 11 is -0.507. The zero-order chi connectivity index (χ0) is 6.53. The van der Waals surface area contributed by atoms with E-state index in [2.05, 4.69) is 30.9 Å². The van der Waals surface area contributed by atoms with Crippen LogP contribution in [0.5, 0.6) is 0 Å². The predicted octanol–water partition coefficient (Wildman–Crippen LogP) is 1.87. The molecule has 1 aliphatic rings. The fourth-order valence-electron chi connectivity index (χ4n) is 0.964. The first-order valence-electron chi connectivity index (χ1n) is 3.39. The Morgan fingerprint density at radius 2 is 2.67 bits per heavy atom. The van der Waals surface area contributed by atoms with Crippen LogP contribution in [0.15, 0.2) is 34.2 Å². The molecule has 0 nitrogen and oxygen atoms in total. The molecule has 0 fully saturated rings. The van der Waals surface area contributed by atoms with Crippen molar-refractivity contribution in [3.63, 3.8) is 0 Å². The number of rotatable bonds is 3. The van der Waals surface area contributed by atoms with Crippen molar-refractivity contribution in [3.8, 4) is 0 Å². The fraction of sp³-hybridized carbons (Fsp3) is 0.250. The Bertz CT molecular complexity index is 154. The van der Waals surface area contributed by atoms with Gasteiger partial charge in [0.25, 0.3) is 0 Å². The molecule has 0 amide bonds. The average Bonchev–Trinajstić information content (AvgIpc) is 2.34. The third-order valence-corrected chi connectivity index (χ3v) is 6.84. The topological polar surface area (TPSA) is 0 Å². The van der Waals surface area contributed by atoms with E-state index in [0.29, 0.717) is 0 Å². The summed E-state index contributed by atoms with van der Waals surface area (Å²) in [5.74, 6) is 0. The van der Waals surface area contributed by atoms with E-state index in [-0.39, 0.29) is 0 Å². The van der Waals surface area contributed by atoms with E-state index >= 15 is 0 Å². The molecule has 0 atom stereocenters. The van der Waals surface area contributed by atoms with Gasteiger partial charge in [0.1, 0.15) is 0 Å². The molecule has 0 aromatic carbocycles. The van der Waals surface area contributed by atoms with Gasteiger partial charge in [-0.2, -0.15) is 0 Å². The molecule has 0 unspecified atom stereocenters. The maximum absolute atomic E-state index is 3.73. The Balaban J connectivity index is 2.21. The number of allylic oxidation sites excluding steroid dienone is 5. The Kier molecular flexibility index (Phi) is 3.20. The van der Waals surface area contributed by atoms with Gasteiger partial charge in [0.2, 0.25) is 0 Å². The first-order chi connectivity index (χ1) is 4.43. The zero-order valence-electron chi connectivity index (χ0n) is 5.64. The van der Waals surface area contributed by atoms with E-state index in [9.17, 15) is 0 Å². The molecule has 1 heteroatoms. The van der Waals surface area contributed by atoms with Crippen LogP contribution in [0.2, 0.25) is 4.18 Å². The van der Waals surface area contributed by atoms with E-state index in [0.717, 1.165) is 0 Å². The van der Waals surface area contributed by atoms with Gasteiger partial charge in [0, 0.05) is 0 Å². The molecular formula is C8H11In. The molecule has 0 N–H and O–H groups in total. The van der Waals surface area contributed by atoms with Crippen molar-refractivity contribution in [3.05, 3.63) is 34.2 Å². The Hall–Kier alpha value is 0.0901. The predicted molar refractivity (Wildman–Crippen MR) is 44.0 cm³/mol. The van der Waals surface area contributed by atoms with Crippen molar-refractivity contribution < 1.29 is 0 Å². The second-order valence-corrected chi connectivity index (χ2v) is 7.95.